The Morgan fingerprint density at radius 1 is 1.19 bits per heavy atom. The number of carbonyl (C=O) groups excluding carboxylic acids is 3. The maximum atomic E-state index is 12.0. The van der Waals surface area contributed by atoms with E-state index in [1.54, 1.807) is 32.0 Å². The maximum Gasteiger partial charge on any atom is 0.326 e. The summed E-state index contributed by atoms with van der Waals surface area (Å²) in [6.45, 7) is 4.77. The van der Waals surface area contributed by atoms with E-state index in [9.17, 15) is 14.4 Å². The summed E-state index contributed by atoms with van der Waals surface area (Å²) in [5, 5.41) is 0. The SMILES string of the molecule is CCOC(=O)CN(C(=O)CC)c1cccc(OC(C)=O)c1. The smallest absolute Gasteiger partial charge is 0.326 e. The predicted molar refractivity (Wildman–Crippen MR) is 77.0 cm³/mol. The minimum Gasteiger partial charge on any atom is -0.465 e. The average Bonchev–Trinajstić information content (AvgIpc) is 2.44. The van der Waals surface area contributed by atoms with Crippen LogP contribution in [0.3, 0.4) is 0 Å². The van der Waals surface area contributed by atoms with Crippen LogP contribution in [0.15, 0.2) is 24.3 Å². The molecule has 6 heteroatoms. The fourth-order valence-electron chi connectivity index (χ4n) is 1.73. The van der Waals surface area contributed by atoms with E-state index in [-0.39, 0.29) is 25.5 Å². The number of nitrogens with zero attached hydrogens (tertiary/aromatic N) is 1. The molecule has 0 N–H and O–H groups in total. The highest BCUT2D eigenvalue weighted by Crippen LogP contribution is 2.22. The molecular formula is C15H19NO5. The molecule has 0 unspecified atom stereocenters. The van der Waals surface area contributed by atoms with Crippen LogP contribution in [0.25, 0.3) is 0 Å². The molecule has 0 radical (unpaired) electrons. The Hall–Kier alpha value is -2.37. The molecule has 0 heterocycles. The van der Waals surface area contributed by atoms with E-state index >= 15 is 0 Å². The Bertz CT molecular complexity index is 527. The van der Waals surface area contributed by atoms with E-state index < -0.39 is 11.9 Å². The second-order valence-corrected chi connectivity index (χ2v) is 4.23. The van der Waals surface area contributed by atoms with Crippen molar-refractivity contribution in [1.82, 2.24) is 0 Å². The molecule has 0 fully saturated rings. The average molecular weight is 293 g/mol. The highest BCUT2D eigenvalue weighted by molar-refractivity contribution is 5.97. The Balaban J connectivity index is 2.99. The Morgan fingerprint density at radius 2 is 1.90 bits per heavy atom. The quantitative estimate of drug-likeness (QED) is 0.592. The molecular weight excluding hydrogens is 274 g/mol. The molecule has 1 aromatic carbocycles. The summed E-state index contributed by atoms with van der Waals surface area (Å²) >= 11 is 0. The molecule has 1 amide bonds. The standard InChI is InChI=1S/C15H19NO5/c1-4-14(18)16(10-15(19)20-5-2)12-7-6-8-13(9-12)21-11(3)17/h6-9H,4-5,10H2,1-3H3. The molecule has 0 saturated carbocycles. The molecule has 1 aromatic rings. The zero-order valence-corrected chi connectivity index (χ0v) is 12.4. The first-order valence-electron chi connectivity index (χ1n) is 6.72. The third-order valence-corrected chi connectivity index (χ3v) is 2.59. The number of hydrogen-bond donors (Lipinski definition) is 0. The topological polar surface area (TPSA) is 72.9 Å². The molecule has 6 nitrogen and oxygen atoms in total. The van der Waals surface area contributed by atoms with Crippen LogP contribution in [0.4, 0.5) is 5.69 Å². The lowest BCUT2D eigenvalue weighted by atomic mass is 10.2. The van der Waals surface area contributed by atoms with Gasteiger partial charge in [-0.15, -0.1) is 0 Å². The molecule has 0 spiro atoms. The third kappa shape index (κ3) is 5.25. The Morgan fingerprint density at radius 3 is 2.48 bits per heavy atom. The Kier molecular flexibility index (Phi) is 6.39. The van der Waals surface area contributed by atoms with E-state index in [0.717, 1.165) is 0 Å². The van der Waals surface area contributed by atoms with Crippen LogP contribution in [-0.4, -0.2) is 31.0 Å². The number of ether oxygens (including phenoxy) is 2. The van der Waals surface area contributed by atoms with Crippen LogP contribution in [0.5, 0.6) is 5.75 Å². The van der Waals surface area contributed by atoms with Gasteiger partial charge in [-0.05, 0) is 19.1 Å². The van der Waals surface area contributed by atoms with E-state index in [4.69, 9.17) is 9.47 Å². The first kappa shape index (κ1) is 16.7. The van der Waals surface area contributed by atoms with Gasteiger partial charge in [-0.25, -0.2) is 0 Å². The van der Waals surface area contributed by atoms with Gasteiger partial charge in [0.1, 0.15) is 12.3 Å². The molecule has 114 valence electrons. The zero-order valence-electron chi connectivity index (χ0n) is 12.4. The molecule has 0 atom stereocenters. The maximum absolute atomic E-state index is 12.0. The van der Waals surface area contributed by atoms with Crippen LogP contribution < -0.4 is 9.64 Å². The number of hydrogen-bond acceptors (Lipinski definition) is 5. The highest BCUT2D eigenvalue weighted by Gasteiger charge is 2.19. The number of amides is 1. The summed E-state index contributed by atoms with van der Waals surface area (Å²) in [4.78, 5) is 35.9. The van der Waals surface area contributed by atoms with E-state index in [1.807, 2.05) is 0 Å². The van der Waals surface area contributed by atoms with Gasteiger partial charge in [-0.1, -0.05) is 13.0 Å². The molecule has 0 bridgehead atoms. The van der Waals surface area contributed by atoms with Gasteiger partial charge < -0.3 is 14.4 Å². The van der Waals surface area contributed by atoms with Gasteiger partial charge in [0.05, 0.1) is 6.61 Å². The number of benzene rings is 1. The van der Waals surface area contributed by atoms with Crippen molar-refractivity contribution in [1.29, 1.82) is 0 Å². The van der Waals surface area contributed by atoms with E-state index in [2.05, 4.69) is 0 Å². The first-order chi connectivity index (χ1) is 9.97. The van der Waals surface area contributed by atoms with Crippen LogP contribution >= 0.6 is 0 Å². The van der Waals surface area contributed by atoms with Crippen molar-refractivity contribution in [2.24, 2.45) is 0 Å². The second kappa shape index (κ2) is 8.04. The third-order valence-electron chi connectivity index (χ3n) is 2.59. The minimum absolute atomic E-state index is 0.177. The van der Waals surface area contributed by atoms with Crippen LogP contribution in [0, 0.1) is 0 Å². The lowest BCUT2D eigenvalue weighted by molar-refractivity contribution is -0.142. The predicted octanol–water partition coefficient (Wildman–Crippen LogP) is 1.92. The molecule has 0 aliphatic heterocycles. The highest BCUT2D eigenvalue weighted by atomic mass is 16.5. The summed E-state index contributed by atoms with van der Waals surface area (Å²) in [6.07, 6.45) is 0.247. The minimum atomic E-state index is -0.489. The van der Waals surface area contributed by atoms with Crippen LogP contribution in [-0.2, 0) is 19.1 Å². The number of anilines is 1. The summed E-state index contributed by atoms with van der Waals surface area (Å²) in [5.41, 5.74) is 0.480. The zero-order chi connectivity index (χ0) is 15.8. The summed E-state index contributed by atoms with van der Waals surface area (Å²) in [7, 11) is 0. The van der Waals surface area contributed by atoms with Gasteiger partial charge in [-0.2, -0.15) is 0 Å². The fourth-order valence-corrected chi connectivity index (χ4v) is 1.73. The van der Waals surface area contributed by atoms with E-state index in [1.165, 1.54) is 17.9 Å². The summed E-state index contributed by atoms with van der Waals surface area (Å²) in [5.74, 6) is -0.844. The molecule has 0 aliphatic carbocycles. The fraction of sp³-hybridized carbons (Fsp3) is 0.400. The van der Waals surface area contributed by atoms with Crippen molar-refractivity contribution in [3.63, 3.8) is 0 Å². The van der Waals surface area contributed by atoms with E-state index in [0.29, 0.717) is 11.4 Å². The van der Waals surface area contributed by atoms with Crippen molar-refractivity contribution in [2.45, 2.75) is 27.2 Å². The van der Waals surface area contributed by atoms with Gasteiger partial charge in [0.15, 0.2) is 0 Å². The van der Waals surface area contributed by atoms with Gasteiger partial charge >= 0.3 is 11.9 Å². The second-order valence-electron chi connectivity index (χ2n) is 4.23. The van der Waals surface area contributed by atoms with Crippen molar-refractivity contribution in [3.05, 3.63) is 24.3 Å². The lowest BCUT2D eigenvalue weighted by Gasteiger charge is -2.21. The monoisotopic (exact) mass is 293 g/mol. The largest absolute Gasteiger partial charge is 0.465 e. The van der Waals surface area contributed by atoms with Crippen LogP contribution in [0.1, 0.15) is 27.2 Å². The molecule has 21 heavy (non-hydrogen) atoms. The molecule has 1 rings (SSSR count). The van der Waals surface area contributed by atoms with Crippen molar-refractivity contribution < 1.29 is 23.9 Å². The van der Waals surface area contributed by atoms with Gasteiger partial charge in [0.25, 0.3) is 0 Å². The Labute approximate surface area is 123 Å². The molecule has 0 aromatic heterocycles. The molecule has 0 saturated heterocycles. The van der Waals surface area contributed by atoms with Crippen molar-refractivity contribution in [2.75, 3.05) is 18.1 Å². The van der Waals surface area contributed by atoms with Gasteiger partial charge in [0.2, 0.25) is 5.91 Å². The normalized spacial score (nSPS) is 9.86. The lowest BCUT2D eigenvalue weighted by Crippen LogP contribution is -2.36. The summed E-state index contributed by atoms with van der Waals surface area (Å²) in [6, 6.07) is 6.45. The first-order valence-corrected chi connectivity index (χ1v) is 6.72. The molecule has 0 aliphatic rings. The van der Waals surface area contributed by atoms with Crippen molar-refractivity contribution in [3.8, 4) is 5.75 Å². The van der Waals surface area contributed by atoms with Gasteiger partial charge in [0, 0.05) is 25.1 Å². The van der Waals surface area contributed by atoms with Crippen LogP contribution in [0.2, 0.25) is 0 Å². The number of esters is 2. The number of carbonyl (C=O) groups is 3. The summed E-state index contributed by atoms with van der Waals surface area (Å²) < 4.78 is 9.84. The van der Waals surface area contributed by atoms with Crippen molar-refractivity contribution >= 4 is 23.5 Å². The number of rotatable bonds is 6. The van der Waals surface area contributed by atoms with Gasteiger partial charge in [-0.3, -0.25) is 14.4 Å².